The van der Waals surface area contributed by atoms with Crippen LogP contribution in [-0.2, 0) is 13.1 Å². The van der Waals surface area contributed by atoms with E-state index < -0.39 is 0 Å². The number of nitrogens with zero attached hydrogens (tertiary/aromatic N) is 2. The first-order valence-corrected chi connectivity index (χ1v) is 7.63. The van der Waals surface area contributed by atoms with Crippen LogP contribution in [0.5, 0.6) is 0 Å². The number of aryl methyl sites for hydroxylation is 1. The third-order valence-electron chi connectivity index (χ3n) is 3.44. The highest BCUT2D eigenvalue weighted by Crippen LogP contribution is 2.07. The third kappa shape index (κ3) is 4.19. The number of benzene rings is 1. The van der Waals surface area contributed by atoms with Crippen molar-refractivity contribution in [2.24, 2.45) is 0 Å². The van der Waals surface area contributed by atoms with Gasteiger partial charge in [0.25, 0.3) is 5.91 Å². The number of amides is 1. The fourth-order valence-electron chi connectivity index (χ4n) is 2.22. The number of anilines is 1. The van der Waals surface area contributed by atoms with Crippen LogP contribution < -0.4 is 10.6 Å². The molecule has 0 radical (unpaired) electrons. The second-order valence-electron chi connectivity index (χ2n) is 5.39. The summed E-state index contributed by atoms with van der Waals surface area (Å²) in [5.74, 6) is 1.14. The fourth-order valence-corrected chi connectivity index (χ4v) is 2.22. The molecule has 3 aromatic rings. The molecule has 1 aromatic carbocycles. The maximum absolute atomic E-state index is 12.1. The average Bonchev–Trinajstić information content (AvgIpc) is 3.12. The van der Waals surface area contributed by atoms with E-state index in [0.717, 1.165) is 16.9 Å². The number of furan rings is 1. The highest BCUT2D eigenvalue weighted by atomic mass is 16.3. The lowest BCUT2D eigenvalue weighted by Crippen LogP contribution is -2.24. The second kappa shape index (κ2) is 7.41. The molecule has 2 N–H and O–H groups in total. The van der Waals surface area contributed by atoms with Crippen molar-refractivity contribution in [2.45, 2.75) is 20.0 Å². The first-order chi connectivity index (χ1) is 11.7. The fraction of sp³-hybridized carbons (Fsp3) is 0.167. The lowest BCUT2D eigenvalue weighted by atomic mass is 10.1. The van der Waals surface area contributed by atoms with Gasteiger partial charge in [0.15, 0.2) is 0 Å². The number of hydrogen-bond acceptors (Lipinski definition) is 5. The molecule has 122 valence electrons. The summed E-state index contributed by atoms with van der Waals surface area (Å²) in [5.41, 5.74) is 2.49. The van der Waals surface area contributed by atoms with Gasteiger partial charge in [0.05, 0.1) is 25.2 Å². The van der Waals surface area contributed by atoms with Crippen LogP contribution in [0.3, 0.4) is 0 Å². The van der Waals surface area contributed by atoms with Crippen molar-refractivity contribution < 1.29 is 9.21 Å². The Morgan fingerprint density at radius 1 is 1.12 bits per heavy atom. The zero-order valence-electron chi connectivity index (χ0n) is 13.3. The van der Waals surface area contributed by atoms with Gasteiger partial charge in [-0.25, -0.2) is 9.97 Å². The number of rotatable bonds is 6. The van der Waals surface area contributed by atoms with Gasteiger partial charge in [-0.15, -0.1) is 0 Å². The number of nitrogens with one attached hydrogen (secondary N) is 2. The molecule has 0 fully saturated rings. The highest BCUT2D eigenvalue weighted by molar-refractivity contribution is 5.91. The Kier molecular flexibility index (Phi) is 4.86. The molecule has 6 heteroatoms. The molecule has 0 unspecified atom stereocenters. The normalized spacial score (nSPS) is 10.4. The molecule has 2 heterocycles. The molecule has 0 aliphatic heterocycles. The summed E-state index contributed by atoms with van der Waals surface area (Å²) in [6.45, 7) is 2.99. The summed E-state index contributed by atoms with van der Waals surface area (Å²) >= 11 is 0. The highest BCUT2D eigenvalue weighted by Gasteiger charge is 2.08. The van der Waals surface area contributed by atoms with Crippen LogP contribution >= 0.6 is 0 Å². The smallest absolute Gasteiger partial charge is 0.271 e. The Morgan fingerprint density at radius 2 is 2.04 bits per heavy atom. The third-order valence-corrected chi connectivity index (χ3v) is 3.44. The Bertz CT molecular complexity index is 798. The van der Waals surface area contributed by atoms with Crippen LogP contribution in [0.4, 0.5) is 5.82 Å². The lowest BCUT2D eigenvalue weighted by Gasteiger charge is -2.07. The van der Waals surface area contributed by atoms with Gasteiger partial charge in [-0.05, 0) is 24.6 Å². The lowest BCUT2D eigenvalue weighted by molar-refractivity contribution is 0.0945. The van der Waals surface area contributed by atoms with E-state index in [1.54, 1.807) is 6.26 Å². The van der Waals surface area contributed by atoms with Crippen LogP contribution in [0.25, 0.3) is 0 Å². The van der Waals surface area contributed by atoms with E-state index in [1.807, 2.05) is 43.3 Å². The van der Waals surface area contributed by atoms with E-state index in [4.69, 9.17) is 4.42 Å². The molecular weight excluding hydrogens is 304 g/mol. The van der Waals surface area contributed by atoms with Crippen molar-refractivity contribution in [3.05, 3.63) is 77.6 Å². The molecule has 0 bridgehead atoms. The molecular formula is C18H18N4O2. The molecule has 0 atom stereocenters. The van der Waals surface area contributed by atoms with Crippen LogP contribution in [0.1, 0.15) is 27.4 Å². The van der Waals surface area contributed by atoms with Crippen LogP contribution in [-0.4, -0.2) is 15.9 Å². The number of carbonyl (C=O) groups is 1. The van der Waals surface area contributed by atoms with Crippen molar-refractivity contribution in [2.75, 3.05) is 5.32 Å². The molecule has 0 aliphatic rings. The van der Waals surface area contributed by atoms with Gasteiger partial charge in [0.1, 0.15) is 17.3 Å². The summed E-state index contributed by atoms with van der Waals surface area (Å²) < 4.78 is 5.22. The van der Waals surface area contributed by atoms with Gasteiger partial charge in [-0.2, -0.15) is 0 Å². The van der Waals surface area contributed by atoms with Crippen LogP contribution in [0.2, 0.25) is 0 Å². The van der Waals surface area contributed by atoms with Crippen molar-refractivity contribution in [1.29, 1.82) is 0 Å². The molecule has 6 nitrogen and oxygen atoms in total. The molecule has 3 rings (SSSR count). The SMILES string of the molecule is Cc1cccc(CNC(=O)c2cnc(NCc3ccco3)cn2)c1. The van der Waals surface area contributed by atoms with E-state index in [2.05, 4.69) is 20.6 Å². The van der Waals surface area contributed by atoms with Gasteiger partial charge >= 0.3 is 0 Å². The number of aromatic nitrogens is 2. The van der Waals surface area contributed by atoms with Gasteiger partial charge in [0, 0.05) is 6.54 Å². The average molecular weight is 322 g/mol. The number of hydrogen-bond donors (Lipinski definition) is 2. The van der Waals surface area contributed by atoms with E-state index in [0.29, 0.717) is 18.9 Å². The summed E-state index contributed by atoms with van der Waals surface area (Å²) in [6.07, 6.45) is 4.60. The van der Waals surface area contributed by atoms with Crippen molar-refractivity contribution in [3.8, 4) is 0 Å². The molecule has 0 saturated heterocycles. The molecule has 0 saturated carbocycles. The standard InChI is InChI=1S/C18H18N4O2/c1-13-4-2-5-14(8-13)9-22-18(23)16-11-21-17(12-19-16)20-10-15-6-3-7-24-15/h2-8,11-12H,9-10H2,1H3,(H,20,21)(H,22,23). The van der Waals surface area contributed by atoms with Crippen LogP contribution in [0, 0.1) is 6.92 Å². The topological polar surface area (TPSA) is 80.0 Å². The first-order valence-electron chi connectivity index (χ1n) is 7.63. The monoisotopic (exact) mass is 322 g/mol. The Morgan fingerprint density at radius 3 is 2.75 bits per heavy atom. The van der Waals surface area contributed by atoms with Crippen molar-refractivity contribution in [1.82, 2.24) is 15.3 Å². The molecule has 24 heavy (non-hydrogen) atoms. The second-order valence-corrected chi connectivity index (χ2v) is 5.39. The first kappa shape index (κ1) is 15.7. The predicted octanol–water partition coefficient (Wildman–Crippen LogP) is 2.92. The summed E-state index contributed by atoms with van der Waals surface area (Å²) in [4.78, 5) is 20.4. The maximum atomic E-state index is 12.1. The van der Waals surface area contributed by atoms with E-state index in [9.17, 15) is 4.79 Å². The Balaban J connectivity index is 1.53. The van der Waals surface area contributed by atoms with Gasteiger partial charge in [-0.1, -0.05) is 29.8 Å². The molecule has 0 spiro atoms. The molecule has 2 aromatic heterocycles. The maximum Gasteiger partial charge on any atom is 0.271 e. The van der Waals surface area contributed by atoms with Gasteiger partial charge in [0.2, 0.25) is 0 Å². The minimum absolute atomic E-state index is 0.249. The molecule has 0 aliphatic carbocycles. The van der Waals surface area contributed by atoms with Gasteiger partial charge in [-0.3, -0.25) is 4.79 Å². The van der Waals surface area contributed by atoms with Crippen molar-refractivity contribution >= 4 is 11.7 Å². The van der Waals surface area contributed by atoms with E-state index in [-0.39, 0.29) is 11.6 Å². The predicted molar refractivity (Wildman–Crippen MR) is 90.4 cm³/mol. The minimum Gasteiger partial charge on any atom is -0.467 e. The largest absolute Gasteiger partial charge is 0.467 e. The van der Waals surface area contributed by atoms with E-state index >= 15 is 0 Å². The zero-order chi connectivity index (χ0) is 16.8. The minimum atomic E-state index is -0.249. The Hall–Kier alpha value is -3.15. The quantitative estimate of drug-likeness (QED) is 0.729. The summed E-state index contributed by atoms with van der Waals surface area (Å²) in [6, 6.07) is 11.7. The summed E-state index contributed by atoms with van der Waals surface area (Å²) in [5, 5.41) is 5.92. The number of carbonyl (C=O) groups excluding carboxylic acids is 1. The molecule has 1 amide bonds. The summed E-state index contributed by atoms with van der Waals surface area (Å²) in [7, 11) is 0. The Labute approximate surface area is 140 Å². The zero-order valence-corrected chi connectivity index (χ0v) is 13.3. The van der Waals surface area contributed by atoms with E-state index in [1.165, 1.54) is 12.4 Å². The van der Waals surface area contributed by atoms with Gasteiger partial charge < -0.3 is 15.1 Å². The van der Waals surface area contributed by atoms with Crippen LogP contribution in [0.15, 0.2) is 59.5 Å². The van der Waals surface area contributed by atoms with Crippen molar-refractivity contribution in [3.63, 3.8) is 0 Å².